The van der Waals surface area contributed by atoms with Crippen LogP contribution < -0.4 is 15.0 Å². The largest absolute Gasteiger partial charge is 0.497 e. The Morgan fingerprint density at radius 3 is 2.56 bits per heavy atom. The molecule has 1 atom stereocenters. The van der Waals surface area contributed by atoms with Crippen molar-refractivity contribution < 1.29 is 9.53 Å². The first-order valence-corrected chi connectivity index (χ1v) is 9.62. The molecule has 136 valence electrons. The highest BCUT2D eigenvalue weighted by atomic mass is 16.5. The fourth-order valence-corrected chi connectivity index (χ4v) is 4.82. The zero-order valence-corrected chi connectivity index (χ0v) is 15.2. The molecule has 1 amide bonds. The van der Waals surface area contributed by atoms with E-state index < -0.39 is 0 Å². The van der Waals surface area contributed by atoms with Crippen molar-refractivity contribution in [3.63, 3.8) is 0 Å². The number of hydrogen-bond acceptors (Lipinski definition) is 4. The molecule has 3 aliphatic heterocycles. The zero-order chi connectivity index (χ0) is 17.3. The summed E-state index contributed by atoms with van der Waals surface area (Å²) in [5, 5.41) is 3.09. The molecule has 0 bridgehead atoms. The van der Waals surface area contributed by atoms with E-state index in [4.69, 9.17) is 4.74 Å². The number of hydrogen-bond donors (Lipinski definition) is 1. The number of amides is 1. The number of carbonyl (C=O) groups is 1. The number of piperidine rings is 2. The van der Waals surface area contributed by atoms with Crippen molar-refractivity contribution in [2.75, 3.05) is 44.7 Å². The van der Waals surface area contributed by atoms with Gasteiger partial charge in [0, 0.05) is 37.9 Å². The lowest BCUT2D eigenvalue weighted by atomic mass is 9.79. The number of ether oxygens (including phenoxy) is 1. The van der Waals surface area contributed by atoms with Gasteiger partial charge >= 0.3 is 0 Å². The zero-order valence-electron chi connectivity index (χ0n) is 15.2. The molecule has 1 aromatic carbocycles. The highest BCUT2D eigenvalue weighted by Crippen LogP contribution is 2.39. The molecule has 25 heavy (non-hydrogen) atoms. The first-order chi connectivity index (χ1) is 12.2. The van der Waals surface area contributed by atoms with Crippen LogP contribution in [-0.2, 0) is 4.79 Å². The summed E-state index contributed by atoms with van der Waals surface area (Å²) in [4.78, 5) is 17.4. The highest BCUT2D eigenvalue weighted by molar-refractivity contribution is 5.84. The summed E-state index contributed by atoms with van der Waals surface area (Å²) in [6, 6.07) is 9.00. The molecule has 0 unspecified atom stereocenters. The van der Waals surface area contributed by atoms with E-state index >= 15 is 0 Å². The van der Waals surface area contributed by atoms with Gasteiger partial charge in [0.25, 0.3) is 0 Å². The van der Waals surface area contributed by atoms with Crippen LogP contribution in [0.25, 0.3) is 0 Å². The molecule has 1 N–H and O–H groups in total. The monoisotopic (exact) mass is 343 g/mol. The Hall–Kier alpha value is -1.75. The van der Waals surface area contributed by atoms with Gasteiger partial charge in [-0.15, -0.1) is 0 Å². The van der Waals surface area contributed by atoms with Gasteiger partial charge in [0.15, 0.2) is 0 Å². The number of methoxy groups -OCH3 is 1. The van der Waals surface area contributed by atoms with Crippen molar-refractivity contribution >= 4 is 11.6 Å². The average Bonchev–Trinajstić information content (AvgIpc) is 3.10. The molecule has 0 aliphatic carbocycles. The Balaban J connectivity index is 1.33. The summed E-state index contributed by atoms with van der Waals surface area (Å²) in [5.41, 5.74) is 1.19. The van der Waals surface area contributed by atoms with Gasteiger partial charge in [-0.2, -0.15) is 0 Å². The van der Waals surface area contributed by atoms with Crippen molar-refractivity contribution in [2.45, 2.75) is 38.1 Å². The van der Waals surface area contributed by atoms with Crippen LogP contribution in [0.5, 0.6) is 5.75 Å². The number of nitrogens with zero attached hydrogens (tertiary/aromatic N) is 2. The normalized spacial score (nSPS) is 28.4. The number of carbonyl (C=O) groups excluding carboxylic acids is 1. The summed E-state index contributed by atoms with van der Waals surface area (Å²) in [7, 11) is 1.70. The van der Waals surface area contributed by atoms with Crippen LogP contribution in [-0.4, -0.2) is 56.7 Å². The second-order valence-electron chi connectivity index (χ2n) is 7.78. The third-order valence-corrected chi connectivity index (χ3v) is 6.40. The molecule has 1 spiro atoms. The van der Waals surface area contributed by atoms with Crippen LogP contribution in [0, 0.1) is 5.41 Å². The smallest absolute Gasteiger partial charge is 0.227 e. The molecule has 4 rings (SSSR count). The summed E-state index contributed by atoms with van der Waals surface area (Å²) >= 11 is 0. The van der Waals surface area contributed by atoms with Crippen LogP contribution in [0.1, 0.15) is 32.1 Å². The minimum atomic E-state index is -0.0919. The SMILES string of the molecule is COc1ccc(N2CCC(N3CC[C@]4(CCCNC4=O)C3)CC2)cc1. The average molecular weight is 343 g/mol. The summed E-state index contributed by atoms with van der Waals surface area (Å²) in [6.45, 7) is 5.09. The number of likely N-dealkylation sites (tertiary alicyclic amines) is 1. The van der Waals surface area contributed by atoms with Gasteiger partial charge in [-0.05, 0) is 62.9 Å². The third kappa shape index (κ3) is 3.22. The van der Waals surface area contributed by atoms with Crippen molar-refractivity contribution in [3.8, 4) is 5.75 Å². The topological polar surface area (TPSA) is 44.8 Å². The lowest BCUT2D eigenvalue weighted by Crippen LogP contribution is -2.49. The summed E-state index contributed by atoms with van der Waals surface area (Å²) < 4.78 is 5.25. The molecule has 3 aliphatic rings. The molecule has 3 saturated heterocycles. The molecule has 3 fully saturated rings. The minimum Gasteiger partial charge on any atom is -0.497 e. The Morgan fingerprint density at radius 1 is 1.12 bits per heavy atom. The van der Waals surface area contributed by atoms with Gasteiger partial charge in [-0.1, -0.05) is 0 Å². The van der Waals surface area contributed by atoms with Crippen LogP contribution in [0.2, 0.25) is 0 Å². The summed E-state index contributed by atoms with van der Waals surface area (Å²) in [6.07, 6.45) is 5.61. The van der Waals surface area contributed by atoms with Gasteiger partial charge < -0.3 is 15.0 Å². The Labute approximate surface area is 150 Å². The van der Waals surface area contributed by atoms with Crippen molar-refractivity contribution in [2.24, 2.45) is 5.41 Å². The molecular weight excluding hydrogens is 314 g/mol. The molecule has 5 nitrogen and oxygen atoms in total. The third-order valence-electron chi connectivity index (χ3n) is 6.40. The van der Waals surface area contributed by atoms with E-state index in [1.54, 1.807) is 7.11 Å². The second-order valence-corrected chi connectivity index (χ2v) is 7.78. The van der Waals surface area contributed by atoms with E-state index in [9.17, 15) is 4.79 Å². The molecule has 5 heteroatoms. The van der Waals surface area contributed by atoms with E-state index in [0.29, 0.717) is 11.9 Å². The Morgan fingerprint density at radius 2 is 1.88 bits per heavy atom. The van der Waals surface area contributed by atoms with E-state index in [1.807, 2.05) is 12.1 Å². The van der Waals surface area contributed by atoms with Crippen LogP contribution in [0.3, 0.4) is 0 Å². The van der Waals surface area contributed by atoms with Crippen LogP contribution >= 0.6 is 0 Å². The maximum absolute atomic E-state index is 12.4. The lowest BCUT2D eigenvalue weighted by Gasteiger charge is -2.39. The van der Waals surface area contributed by atoms with Crippen molar-refractivity contribution in [1.82, 2.24) is 10.2 Å². The van der Waals surface area contributed by atoms with E-state index in [-0.39, 0.29) is 5.41 Å². The number of nitrogens with one attached hydrogen (secondary N) is 1. The summed E-state index contributed by atoms with van der Waals surface area (Å²) in [5.74, 6) is 1.21. The van der Waals surface area contributed by atoms with Crippen LogP contribution in [0.4, 0.5) is 5.69 Å². The quantitative estimate of drug-likeness (QED) is 0.914. The maximum Gasteiger partial charge on any atom is 0.227 e. The minimum absolute atomic E-state index is 0.0919. The predicted octanol–water partition coefficient (Wildman–Crippen LogP) is 2.27. The first-order valence-electron chi connectivity index (χ1n) is 9.62. The van der Waals surface area contributed by atoms with Gasteiger partial charge in [0.05, 0.1) is 12.5 Å². The molecule has 1 aromatic rings. The van der Waals surface area contributed by atoms with Gasteiger partial charge in [-0.3, -0.25) is 9.69 Å². The molecule has 0 radical (unpaired) electrons. The van der Waals surface area contributed by atoms with Gasteiger partial charge in [-0.25, -0.2) is 0 Å². The first kappa shape index (κ1) is 16.7. The van der Waals surface area contributed by atoms with Crippen molar-refractivity contribution in [1.29, 1.82) is 0 Å². The fourth-order valence-electron chi connectivity index (χ4n) is 4.82. The highest BCUT2D eigenvalue weighted by Gasteiger charge is 2.47. The van der Waals surface area contributed by atoms with Gasteiger partial charge in [0.1, 0.15) is 5.75 Å². The molecule has 3 heterocycles. The van der Waals surface area contributed by atoms with E-state index in [0.717, 1.165) is 57.7 Å². The number of rotatable bonds is 3. The Kier molecular flexibility index (Phi) is 4.59. The second kappa shape index (κ2) is 6.87. The molecular formula is C20H29N3O2. The molecule has 0 aromatic heterocycles. The van der Waals surface area contributed by atoms with E-state index in [1.165, 1.54) is 18.5 Å². The van der Waals surface area contributed by atoms with Crippen LogP contribution in [0.15, 0.2) is 24.3 Å². The molecule has 0 saturated carbocycles. The van der Waals surface area contributed by atoms with E-state index in [2.05, 4.69) is 27.2 Å². The number of benzene rings is 1. The lowest BCUT2D eigenvalue weighted by molar-refractivity contribution is -0.132. The standard InChI is InChI=1S/C20H29N3O2/c1-25-18-5-3-16(4-6-18)22-12-7-17(8-13-22)23-14-10-20(15-23)9-2-11-21-19(20)24/h3-6,17H,2,7-15H2,1H3,(H,21,24)/t20-/m1/s1. The Bertz CT molecular complexity index is 610. The van der Waals surface area contributed by atoms with Crippen molar-refractivity contribution in [3.05, 3.63) is 24.3 Å². The maximum atomic E-state index is 12.4. The fraction of sp³-hybridized carbons (Fsp3) is 0.650. The number of anilines is 1. The predicted molar refractivity (Wildman–Crippen MR) is 99.1 cm³/mol. The van der Waals surface area contributed by atoms with Gasteiger partial charge in [0.2, 0.25) is 5.91 Å².